The second-order valence-electron chi connectivity index (χ2n) is 7.51. The monoisotopic (exact) mass is 288 g/mol. The summed E-state index contributed by atoms with van der Waals surface area (Å²) in [4.78, 5) is 2.71. The molecule has 0 aliphatic carbocycles. The van der Waals surface area contributed by atoms with Gasteiger partial charge in [-0.3, -0.25) is 4.90 Å². The van der Waals surface area contributed by atoms with Gasteiger partial charge in [-0.15, -0.1) is 0 Å². The Bertz CT molecular complexity index is 442. The summed E-state index contributed by atoms with van der Waals surface area (Å²) in [5.74, 6) is 0.757. The van der Waals surface area contributed by atoms with Crippen LogP contribution in [0.15, 0.2) is 30.3 Å². The fourth-order valence-corrected chi connectivity index (χ4v) is 3.21. The van der Waals surface area contributed by atoms with E-state index in [0.717, 1.165) is 19.0 Å². The number of piperazine rings is 1. The quantitative estimate of drug-likeness (QED) is 0.880. The average Bonchev–Trinajstić information content (AvgIpc) is 2.49. The Morgan fingerprint density at radius 1 is 1.19 bits per heavy atom. The van der Waals surface area contributed by atoms with E-state index in [1.807, 2.05) is 0 Å². The Morgan fingerprint density at radius 3 is 2.43 bits per heavy atom. The van der Waals surface area contributed by atoms with Gasteiger partial charge in [-0.1, -0.05) is 51.1 Å². The molecule has 0 bridgehead atoms. The third-order valence-corrected chi connectivity index (χ3v) is 5.25. The smallest absolute Gasteiger partial charge is 0.0558 e. The van der Waals surface area contributed by atoms with Crippen molar-refractivity contribution >= 4 is 0 Å². The Balaban J connectivity index is 2.25. The molecule has 0 amide bonds. The molecular weight excluding hydrogens is 256 g/mol. The van der Waals surface area contributed by atoms with Crippen molar-refractivity contribution in [3.8, 4) is 0 Å². The second kappa shape index (κ2) is 6.50. The lowest BCUT2D eigenvalue weighted by atomic mass is 9.82. The highest BCUT2D eigenvalue weighted by Crippen LogP contribution is 2.34. The molecule has 0 radical (unpaired) electrons. The fourth-order valence-electron chi connectivity index (χ4n) is 3.21. The van der Waals surface area contributed by atoms with Gasteiger partial charge >= 0.3 is 0 Å². The van der Waals surface area contributed by atoms with Crippen LogP contribution in [-0.4, -0.2) is 30.1 Å². The van der Waals surface area contributed by atoms with Gasteiger partial charge in [0.05, 0.1) is 5.54 Å². The molecule has 1 fully saturated rings. The predicted octanol–water partition coefficient (Wildman–Crippen LogP) is 4.02. The number of nitrogens with one attached hydrogen (secondary N) is 1. The molecule has 2 unspecified atom stereocenters. The van der Waals surface area contributed by atoms with Crippen molar-refractivity contribution in [2.75, 3.05) is 19.6 Å². The zero-order chi connectivity index (χ0) is 15.5. The van der Waals surface area contributed by atoms with Crippen LogP contribution >= 0.6 is 0 Å². The number of nitrogens with zero attached hydrogens (tertiary/aromatic N) is 1. The van der Waals surface area contributed by atoms with Crippen LogP contribution in [0.25, 0.3) is 0 Å². The highest BCUT2D eigenvalue weighted by Gasteiger charge is 2.42. The summed E-state index contributed by atoms with van der Waals surface area (Å²) in [6, 6.07) is 11.0. The molecule has 118 valence electrons. The molecule has 2 atom stereocenters. The van der Waals surface area contributed by atoms with Crippen LogP contribution in [-0.2, 0) is 5.54 Å². The first kappa shape index (κ1) is 16.5. The molecule has 2 nitrogen and oxygen atoms in total. The minimum absolute atomic E-state index is 0.102. The van der Waals surface area contributed by atoms with Crippen LogP contribution in [0, 0.1) is 5.92 Å². The van der Waals surface area contributed by atoms with E-state index in [0.29, 0.717) is 0 Å². The predicted molar refractivity (Wildman–Crippen MR) is 91.5 cm³/mol. The summed E-state index contributed by atoms with van der Waals surface area (Å²) >= 11 is 0. The molecule has 1 saturated heterocycles. The summed E-state index contributed by atoms with van der Waals surface area (Å²) in [5.41, 5.74) is 1.77. The van der Waals surface area contributed by atoms with E-state index in [4.69, 9.17) is 0 Å². The largest absolute Gasteiger partial charge is 0.308 e. The Morgan fingerprint density at radius 2 is 1.86 bits per heavy atom. The van der Waals surface area contributed by atoms with Crippen molar-refractivity contribution in [2.45, 2.75) is 58.5 Å². The first-order chi connectivity index (χ1) is 9.89. The van der Waals surface area contributed by atoms with Crippen molar-refractivity contribution in [3.05, 3.63) is 35.9 Å². The minimum Gasteiger partial charge on any atom is -0.308 e. The highest BCUT2D eigenvalue weighted by molar-refractivity contribution is 5.26. The van der Waals surface area contributed by atoms with Crippen LogP contribution in [0.3, 0.4) is 0 Å². The van der Waals surface area contributed by atoms with Crippen LogP contribution in [0.2, 0.25) is 0 Å². The van der Waals surface area contributed by atoms with Gasteiger partial charge < -0.3 is 5.32 Å². The Kier molecular flexibility index (Phi) is 5.11. The molecule has 0 spiro atoms. The Labute approximate surface area is 130 Å². The molecule has 0 aromatic heterocycles. The van der Waals surface area contributed by atoms with Crippen molar-refractivity contribution in [3.63, 3.8) is 0 Å². The molecule has 0 saturated carbocycles. The Hall–Kier alpha value is -0.860. The van der Waals surface area contributed by atoms with E-state index in [-0.39, 0.29) is 11.1 Å². The first-order valence-corrected chi connectivity index (χ1v) is 8.45. The van der Waals surface area contributed by atoms with E-state index in [2.05, 4.69) is 75.2 Å². The maximum Gasteiger partial charge on any atom is 0.0558 e. The fraction of sp³-hybridized carbons (Fsp3) is 0.684. The lowest BCUT2D eigenvalue weighted by molar-refractivity contribution is 0.0135. The number of hydrogen-bond acceptors (Lipinski definition) is 2. The molecule has 1 aromatic rings. The van der Waals surface area contributed by atoms with Crippen LogP contribution in [0.1, 0.15) is 53.0 Å². The maximum atomic E-state index is 3.81. The van der Waals surface area contributed by atoms with Gasteiger partial charge in [-0.2, -0.15) is 0 Å². The van der Waals surface area contributed by atoms with Crippen LogP contribution < -0.4 is 5.32 Å². The zero-order valence-corrected chi connectivity index (χ0v) is 14.4. The summed E-state index contributed by atoms with van der Waals surface area (Å²) in [5, 5.41) is 3.81. The van der Waals surface area contributed by atoms with Gasteiger partial charge in [-0.05, 0) is 44.7 Å². The van der Waals surface area contributed by atoms with Gasteiger partial charge in [0.25, 0.3) is 0 Å². The van der Waals surface area contributed by atoms with E-state index in [1.54, 1.807) is 0 Å². The maximum absolute atomic E-state index is 3.81. The minimum atomic E-state index is 0.102. The molecule has 1 N–H and O–H groups in total. The summed E-state index contributed by atoms with van der Waals surface area (Å²) in [6.45, 7) is 15.0. The van der Waals surface area contributed by atoms with Crippen molar-refractivity contribution < 1.29 is 0 Å². The summed E-state index contributed by atoms with van der Waals surface area (Å²) < 4.78 is 0. The van der Waals surface area contributed by atoms with Gasteiger partial charge in [0, 0.05) is 18.6 Å². The number of benzene rings is 1. The number of hydrogen-bond donors (Lipinski definition) is 1. The first-order valence-electron chi connectivity index (χ1n) is 8.45. The van der Waals surface area contributed by atoms with Crippen molar-refractivity contribution in [2.24, 2.45) is 5.92 Å². The average molecular weight is 288 g/mol. The third-order valence-electron chi connectivity index (χ3n) is 5.25. The van der Waals surface area contributed by atoms with E-state index < -0.39 is 0 Å². The van der Waals surface area contributed by atoms with Gasteiger partial charge in [0.2, 0.25) is 0 Å². The highest BCUT2D eigenvalue weighted by atomic mass is 15.3. The van der Waals surface area contributed by atoms with Gasteiger partial charge in [-0.25, -0.2) is 0 Å². The third kappa shape index (κ3) is 3.67. The van der Waals surface area contributed by atoms with Crippen molar-refractivity contribution in [1.82, 2.24) is 10.2 Å². The lowest BCUT2D eigenvalue weighted by Gasteiger charge is -2.52. The van der Waals surface area contributed by atoms with Crippen LogP contribution in [0.5, 0.6) is 0 Å². The molecular formula is C19H32N2. The molecule has 1 aromatic carbocycles. The summed E-state index contributed by atoms with van der Waals surface area (Å²) in [7, 11) is 0. The van der Waals surface area contributed by atoms with Crippen LogP contribution in [0.4, 0.5) is 0 Å². The molecule has 1 aliphatic heterocycles. The molecule has 2 rings (SSSR count). The molecule has 21 heavy (non-hydrogen) atoms. The van der Waals surface area contributed by atoms with Gasteiger partial charge in [0.1, 0.15) is 0 Å². The second-order valence-corrected chi connectivity index (χ2v) is 7.51. The number of rotatable bonds is 5. The molecule has 1 aliphatic rings. The summed E-state index contributed by atoms with van der Waals surface area (Å²) in [6.07, 6.45) is 2.44. The van der Waals surface area contributed by atoms with E-state index >= 15 is 0 Å². The van der Waals surface area contributed by atoms with E-state index in [1.165, 1.54) is 24.9 Å². The topological polar surface area (TPSA) is 15.3 Å². The van der Waals surface area contributed by atoms with Gasteiger partial charge in [0.15, 0.2) is 0 Å². The van der Waals surface area contributed by atoms with Crippen molar-refractivity contribution in [1.29, 1.82) is 0 Å². The molecule has 2 heteroatoms. The molecule has 1 heterocycles. The standard InChI is InChI=1S/C19H32N2/c1-6-18(4)15-21(13-12-16(2)3)19(5,14-20-18)17-10-8-7-9-11-17/h7-11,16,20H,6,12-15H2,1-5H3. The lowest BCUT2D eigenvalue weighted by Crippen LogP contribution is -2.66. The van der Waals surface area contributed by atoms with E-state index in [9.17, 15) is 0 Å². The SMILES string of the molecule is CCC1(C)CN(CCC(C)C)C(C)(c2ccccc2)CN1. The normalized spacial score (nSPS) is 30.8. The zero-order valence-electron chi connectivity index (χ0n) is 14.4.